The molecule has 0 saturated carbocycles. The summed E-state index contributed by atoms with van der Waals surface area (Å²) in [6.45, 7) is 0. The fourth-order valence-corrected chi connectivity index (χ4v) is 3.00. The van der Waals surface area contributed by atoms with Crippen molar-refractivity contribution in [2.45, 2.75) is 0 Å². The van der Waals surface area contributed by atoms with Gasteiger partial charge in [-0.05, 0) is 47.5 Å². The van der Waals surface area contributed by atoms with Crippen LogP contribution in [-0.4, -0.2) is 10.4 Å². The predicted molar refractivity (Wildman–Crippen MR) is 118 cm³/mol. The van der Waals surface area contributed by atoms with Crippen molar-refractivity contribution < 1.29 is 20.9 Å². The topological polar surface area (TPSA) is 143 Å². The Bertz CT molecular complexity index is 1150. The van der Waals surface area contributed by atoms with Crippen molar-refractivity contribution >= 4 is 35.7 Å². The quantitative estimate of drug-likeness (QED) is 0.352. The maximum Gasteiger partial charge on any atom is 0.172 e. The van der Waals surface area contributed by atoms with E-state index in [0.717, 1.165) is 11.1 Å². The van der Waals surface area contributed by atoms with E-state index in [9.17, 15) is 20.8 Å². The second kappa shape index (κ2) is 10.3. The van der Waals surface area contributed by atoms with Gasteiger partial charge >= 0.3 is 0 Å². The minimum atomic E-state index is -1.11. The smallest absolute Gasteiger partial charge is 0.172 e. The van der Waals surface area contributed by atoms with Gasteiger partial charge in [-0.15, -0.1) is 0 Å². The molecule has 3 rings (SSSR count). The molecule has 3 aromatic carbocycles. The molecule has 0 heterocycles. The summed E-state index contributed by atoms with van der Waals surface area (Å²) in [6.07, 6.45) is 6.88. The second-order valence-corrected chi connectivity index (χ2v) is 6.77. The Morgan fingerprint density at radius 1 is 0.625 bits per heavy atom. The van der Waals surface area contributed by atoms with Gasteiger partial charge in [0.05, 0.1) is 23.3 Å². The Balaban J connectivity index is 1.78. The SMILES string of the molecule is N#Cc1ccc(C=Cc2ccc(C=Cc3ccc(C#N)cc3[NH+]([O-])O)cc2)c([NH+]([O-])O)c1. The van der Waals surface area contributed by atoms with Crippen LogP contribution in [0.2, 0.25) is 0 Å². The first-order chi connectivity index (χ1) is 15.4. The number of nitrogens with zero attached hydrogens (tertiary/aromatic N) is 2. The van der Waals surface area contributed by atoms with Crippen LogP contribution in [0, 0.1) is 33.1 Å². The fourth-order valence-electron chi connectivity index (χ4n) is 3.00. The van der Waals surface area contributed by atoms with Crippen LogP contribution in [0.1, 0.15) is 33.4 Å². The lowest BCUT2D eigenvalue weighted by molar-refractivity contribution is -0.991. The summed E-state index contributed by atoms with van der Waals surface area (Å²) in [4.78, 5) is 0. The summed E-state index contributed by atoms with van der Waals surface area (Å²) in [5, 5.41) is 57.2. The lowest BCUT2D eigenvalue weighted by Crippen LogP contribution is -2.99. The highest BCUT2D eigenvalue weighted by atomic mass is 16.8. The van der Waals surface area contributed by atoms with E-state index in [2.05, 4.69) is 0 Å². The van der Waals surface area contributed by atoms with Gasteiger partial charge in [-0.1, -0.05) is 36.4 Å². The van der Waals surface area contributed by atoms with Crippen LogP contribution in [0.3, 0.4) is 0 Å². The number of hydrogen-bond acceptors (Lipinski definition) is 6. The molecule has 0 amide bonds. The number of benzene rings is 3. The number of hydrogen-bond donors (Lipinski definition) is 4. The minimum absolute atomic E-state index is 0.0523. The summed E-state index contributed by atoms with van der Waals surface area (Å²) >= 11 is 0. The molecule has 0 aliphatic heterocycles. The predicted octanol–water partition coefficient (Wildman–Crippen LogP) is 2.58. The molecule has 158 valence electrons. The molecule has 32 heavy (non-hydrogen) atoms. The van der Waals surface area contributed by atoms with E-state index in [1.165, 1.54) is 12.1 Å². The van der Waals surface area contributed by atoms with E-state index in [4.69, 9.17) is 10.5 Å². The largest absolute Gasteiger partial charge is 0.595 e. The highest BCUT2D eigenvalue weighted by Gasteiger charge is 2.09. The molecule has 0 saturated heterocycles. The lowest BCUT2D eigenvalue weighted by atomic mass is 10.1. The molecular formula is C24H18N4O4. The second-order valence-electron chi connectivity index (χ2n) is 6.77. The van der Waals surface area contributed by atoms with Gasteiger partial charge in [0.25, 0.3) is 0 Å². The number of quaternary nitrogens is 2. The molecular weight excluding hydrogens is 408 g/mol. The van der Waals surface area contributed by atoms with Crippen molar-refractivity contribution in [1.29, 1.82) is 10.5 Å². The first-order valence-electron chi connectivity index (χ1n) is 9.42. The van der Waals surface area contributed by atoms with Crippen molar-refractivity contribution in [3.63, 3.8) is 0 Å². The van der Waals surface area contributed by atoms with E-state index in [1.807, 2.05) is 36.4 Å². The molecule has 0 radical (unpaired) electrons. The van der Waals surface area contributed by atoms with E-state index >= 15 is 0 Å². The number of rotatable bonds is 6. The van der Waals surface area contributed by atoms with Gasteiger partial charge in [-0.2, -0.15) is 21.0 Å². The summed E-state index contributed by atoms with van der Waals surface area (Å²) in [6, 6.07) is 20.2. The van der Waals surface area contributed by atoms with Crippen molar-refractivity contribution in [3.05, 3.63) is 104 Å². The van der Waals surface area contributed by atoms with Crippen molar-refractivity contribution in [2.24, 2.45) is 0 Å². The summed E-state index contributed by atoms with van der Waals surface area (Å²) in [5.74, 6) is 0. The van der Waals surface area contributed by atoms with Crippen LogP contribution in [0.5, 0.6) is 0 Å². The van der Waals surface area contributed by atoms with Crippen molar-refractivity contribution in [1.82, 2.24) is 0 Å². The van der Waals surface area contributed by atoms with Crippen LogP contribution in [0.15, 0.2) is 60.7 Å². The maximum absolute atomic E-state index is 11.4. The third kappa shape index (κ3) is 5.52. The van der Waals surface area contributed by atoms with E-state index in [-0.39, 0.29) is 22.5 Å². The van der Waals surface area contributed by atoms with Gasteiger partial charge in [0.1, 0.15) is 0 Å². The van der Waals surface area contributed by atoms with Crippen molar-refractivity contribution in [3.8, 4) is 12.1 Å². The van der Waals surface area contributed by atoms with Crippen LogP contribution in [-0.2, 0) is 0 Å². The third-order valence-corrected chi connectivity index (χ3v) is 4.67. The molecule has 8 nitrogen and oxygen atoms in total. The molecule has 0 aromatic heterocycles. The van der Waals surface area contributed by atoms with Gasteiger partial charge in [-0.25, -0.2) is 10.4 Å². The summed E-state index contributed by atoms with van der Waals surface area (Å²) < 4.78 is 0. The minimum Gasteiger partial charge on any atom is -0.595 e. The summed E-state index contributed by atoms with van der Waals surface area (Å²) in [7, 11) is 0. The maximum atomic E-state index is 11.4. The van der Waals surface area contributed by atoms with E-state index < -0.39 is 10.5 Å². The Morgan fingerprint density at radius 2 is 1.00 bits per heavy atom. The van der Waals surface area contributed by atoms with Gasteiger partial charge in [0.2, 0.25) is 0 Å². The first-order valence-corrected chi connectivity index (χ1v) is 9.42. The molecule has 4 N–H and O–H groups in total. The lowest BCUT2D eigenvalue weighted by Gasteiger charge is -2.14. The summed E-state index contributed by atoms with van der Waals surface area (Å²) in [5.41, 5.74) is 3.32. The molecule has 0 spiro atoms. The Kier molecular flexibility index (Phi) is 7.24. The highest BCUT2D eigenvalue weighted by Crippen LogP contribution is 2.19. The molecule has 0 aliphatic rings. The van der Waals surface area contributed by atoms with Crippen LogP contribution < -0.4 is 10.5 Å². The monoisotopic (exact) mass is 426 g/mol. The van der Waals surface area contributed by atoms with Gasteiger partial charge < -0.3 is 10.4 Å². The Hall–Kier alpha value is -4.12. The number of nitrogens with one attached hydrogen (secondary N) is 2. The molecule has 0 fully saturated rings. The van der Waals surface area contributed by atoms with Gasteiger partial charge in [0, 0.05) is 23.3 Å². The first kappa shape index (κ1) is 22.6. The van der Waals surface area contributed by atoms with E-state index in [0.29, 0.717) is 11.1 Å². The average molecular weight is 426 g/mol. The average Bonchev–Trinajstić information content (AvgIpc) is 2.81. The number of nitriles is 2. The van der Waals surface area contributed by atoms with Gasteiger partial charge in [0.15, 0.2) is 11.4 Å². The van der Waals surface area contributed by atoms with Crippen LogP contribution >= 0.6 is 0 Å². The Labute approximate surface area is 184 Å². The zero-order chi connectivity index (χ0) is 23.1. The zero-order valence-electron chi connectivity index (χ0n) is 16.7. The molecule has 2 atom stereocenters. The van der Waals surface area contributed by atoms with Crippen LogP contribution in [0.4, 0.5) is 11.4 Å². The van der Waals surface area contributed by atoms with Crippen molar-refractivity contribution in [2.75, 3.05) is 0 Å². The molecule has 8 heteroatoms. The standard InChI is InChI=1S/C24H18N4O4/c25-15-19-7-11-21(23(13-19)27(29)30)9-5-17-1-2-18(4-3-17)6-10-22-12-8-20(16-26)14-24(22)28(31)32/h1-14,27-29,31H. The van der Waals surface area contributed by atoms with E-state index in [1.54, 1.807) is 48.6 Å². The third-order valence-electron chi connectivity index (χ3n) is 4.67. The van der Waals surface area contributed by atoms with Gasteiger partial charge in [-0.3, -0.25) is 0 Å². The molecule has 2 unspecified atom stereocenters. The molecule has 0 aliphatic carbocycles. The molecule has 3 aromatic rings. The highest BCUT2D eigenvalue weighted by molar-refractivity contribution is 5.77. The zero-order valence-corrected chi connectivity index (χ0v) is 16.7. The Morgan fingerprint density at radius 3 is 1.31 bits per heavy atom. The normalized spacial score (nSPS) is 13.1. The fraction of sp³-hybridized carbons (Fsp3) is 0. The van der Waals surface area contributed by atoms with Crippen LogP contribution in [0.25, 0.3) is 24.3 Å². The molecule has 0 bridgehead atoms.